The summed E-state index contributed by atoms with van der Waals surface area (Å²) in [5, 5.41) is 4.04. The monoisotopic (exact) mass is 411 g/mol. The van der Waals surface area contributed by atoms with Gasteiger partial charge in [-0.05, 0) is 18.8 Å². The lowest BCUT2D eigenvalue weighted by molar-refractivity contribution is 0.0211. The Labute approximate surface area is 163 Å². The normalized spacial score (nSPS) is 19.8. The third kappa shape index (κ3) is 4.27. The number of rotatable bonds is 8. The van der Waals surface area contributed by atoms with Crippen molar-refractivity contribution in [3.8, 4) is 0 Å². The maximum absolute atomic E-state index is 12.5. The maximum Gasteiger partial charge on any atom is 0.262 e. The molecule has 10 nitrogen and oxygen atoms in total. The highest BCUT2D eigenvalue weighted by molar-refractivity contribution is 7.89. The van der Waals surface area contributed by atoms with Gasteiger partial charge in [-0.15, -0.1) is 0 Å². The van der Waals surface area contributed by atoms with Crippen LogP contribution < -0.4 is 0 Å². The molecule has 28 heavy (non-hydrogen) atoms. The fraction of sp³-hybridized carbons (Fsp3) is 0.706. The number of nitrogens with zero attached hydrogens (tertiary/aromatic N) is 5. The predicted molar refractivity (Wildman–Crippen MR) is 97.1 cm³/mol. The van der Waals surface area contributed by atoms with E-state index in [1.54, 1.807) is 11.6 Å². The molecule has 0 radical (unpaired) electrons. The molecule has 2 saturated heterocycles. The molecule has 2 fully saturated rings. The number of aryl methyl sites for hydroxylation is 1. The summed E-state index contributed by atoms with van der Waals surface area (Å²) in [4.78, 5) is 8.32. The summed E-state index contributed by atoms with van der Waals surface area (Å²) in [5.74, 6) is 1.55. The molecule has 0 spiro atoms. The van der Waals surface area contributed by atoms with Crippen molar-refractivity contribution in [2.24, 2.45) is 13.0 Å². The van der Waals surface area contributed by atoms with Crippen molar-refractivity contribution < 1.29 is 22.4 Å². The number of sulfonamides is 1. The van der Waals surface area contributed by atoms with Gasteiger partial charge >= 0.3 is 0 Å². The van der Waals surface area contributed by atoms with E-state index in [1.165, 1.54) is 16.8 Å². The quantitative estimate of drug-likeness (QED) is 0.580. The second-order valence-electron chi connectivity index (χ2n) is 7.33. The molecule has 0 atom stereocenters. The molecule has 2 aromatic heterocycles. The number of aromatic nitrogens is 4. The van der Waals surface area contributed by atoms with Crippen molar-refractivity contribution in [1.29, 1.82) is 0 Å². The summed E-state index contributed by atoms with van der Waals surface area (Å²) in [5.41, 5.74) is 0. The average molecular weight is 411 g/mol. The fourth-order valence-corrected chi connectivity index (χ4v) is 4.80. The number of ether oxygens (including phenoxy) is 2. The summed E-state index contributed by atoms with van der Waals surface area (Å²) in [6.45, 7) is 3.55. The molecule has 4 rings (SSSR count). The molecule has 11 heteroatoms. The van der Waals surface area contributed by atoms with Crippen molar-refractivity contribution in [3.05, 3.63) is 24.2 Å². The number of hydrogen-bond donors (Lipinski definition) is 0. The van der Waals surface area contributed by atoms with E-state index < -0.39 is 10.0 Å². The van der Waals surface area contributed by atoms with Crippen LogP contribution in [-0.4, -0.2) is 71.9 Å². The van der Waals surface area contributed by atoms with Crippen LogP contribution >= 0.6 is 0 Å². The molecule has 2 aliphatic rings. The first-order valence-corrected chi connectivity index (χ1v) is 10.9. The highest BCUT2D eigenvalue weighted by atomic mass is 32.2. The SMILES string of the molecule is Cn1cnc(S(=O)(=O)N2CC(c3nc(CCOCC4CCOCC4)no3)C2)c1. The van der Waals surface area contributed by atoms with Crippen LogP contribution in [0.5, 0.6) is 0 Å². The van der Waals surface area contributed by atoms with Gasteiger partial charge in [0.25, 0.3) is 10.0 Å². The Bertz CT molecular complexity index is 883. The third-order valence-corrected chi connectivity index (χ3v) is 6.85. The van der Waals surface area contributed by atoms with Gasteiger partial charge in [-0.3, -0.25) is 0 Å². The molecule has 2 aromatic rings. The molecule has 154 valence electrons. The van der Waals surface area contributed by atoms with Crippen LogP contribution in [0.15, 0.2) is 22.1 Å². The van der Waals surface area contributed by atoms with Crippen LogP contribution in [0, 0.1) is 5.92 Å². The molecule has 0 aliphatic carbocycles. The van der Waals surface area contributed by atoms with Gasteiger partial charge in [0.15, 0.2) is 10.9 Å². The first-order chi connectivity index (χ1) is 13.5. The molecule has 0 unspecified atom stereocenters. The van der Waals surface area contributed by atoms with E-state index >= 15 is 0 Å². The largest absolute Gasteiger partial charge is 0.381 e. The molecule has 0 N–H and O–H groups in total. The highest BCUT2D eigenvalue weighted by Gasteiger charge is 2.41. The zero-order valence-electron chi connectivity index (χ0n) is 15.9. The van der Waals surface area contributed by atoms with Gasteiger partial charge in [0.2, 0.25) is 5.89 Å². The van der Waals surface area contributed by atoms with Gasteiger partial charge in [0, 0.05) is 52.6 Å². The lowest BCUT2D eigenvalue weighted by Crippen LogP contribution is -2.48. The van der Waals surface area contributed by atoms with Crippen LogP contribution in [0.25, 0.3) is 0 Å². The molecule has 0 bridgehead atoms. The van der Waals surface area contributed by atoms with Gasteiger partial charge in [-0.25, -0.2) is 13.4 Å². The molecule has 2 aliphatic heterocycles. The van der Waals surface area contributed by atoms with Crippen LogP contribution in [-0.2, 0) is 33.0 Å². The lowest BCUT2D eigenvalue weighted by Gasteiger charge is -2.35. The minimum atomic E-state index is -3.56. The molecule has 0 aromatic carbocycles. The molecule has 0 amide bonds. The lowest BCUT2D eigenvalue weighted by atomic mass is 10.0. The van der Waals surface area contributed by atoms with Crippen LogP contribution in [0.3, 0.4) is 0 Å². The van der Waals surface area contributed by atoms with Crippen molar-refractivity contribution in [2.45, 2.75) is 30.2 Å². The molecular formula is C17H25N5O5S. The summed E-state index contributed by atoms with van der Waals surface area (Å²) >= 11 is 0. The van der Waals surface area contributed by atoms with Crippen molar-refractivity contribution in [1.82, 2.24) is 24.0 Å². The Morgan fingerprint density at radius 2 is 2.07 bits per heavy atom. The van der Waals surface area contributed by atoms with Crippen LogP contribution in [0.2, 0.25) is 0 Å². The fourth-order valence-electron chi connectivity index (χ4n) is 3.31. The Balaban J connectivity index is 1.22. The van der Waals surface area contributed by atoms with Gasteiger partial charge in [0.1, 0.15) is 0 Å². The third-order valence-electron chi connectivity index (χ3n) is 5.13. The smallest absolute Gasteiger partial charge is 0.262 e. The van der Waals surface area contributed by atoms with Crippen LogP contribution in [0.4, 0.5) is 0 Å². The minimum Gasteiger partial charge on any atom is -0.381 e. The van der Waals surface area contributed by atoms with E-state index in [0.29, 0.717) is 43.8 Å². The summed E-state index contributed by atoms with van der Waals surface area (Å²) in [7, 11) is -1.83. The zero-order chi connectivity index (χ0) is 19.6. The van der Waals surface area contributed by atoms with Crippen molar-refractivity contribution >= 4 is 10.0 Å². The van der Waals surface area contributed by atoms with Gasteiger partial charge in [-0.2, -0.15) is 9.29 Å². The van der Waals surface area contributed by atoms with Gasteiger partial charge < -0.3 is 18.6 Å². The zero-order valence-corrected chi connectivity index (χ0v) is 16.7. The molecular weight excluding hydrogens is 386 g/mol. The predicted octanol–water partition coefficient (Wildman–Crippen LogP) is 0.577. The maximum atomic E-state index is 12.5. The van der Waals surface area contributed by atoms with Crippen LogP contribution in [0.1, 0.15) is 30.5 Å². The van der Waals surface area contributed by atoms with Gasteiger partial charge in [0.05, 0.1) is 18.9 Å². The Morgan fingerprint density at radius 1 is 1.29 bits per heavy atom. The average Bonchev–Trinajstić information content (AvgIpc) is 3.28. The summed E-state index contributed by atoms with van der Waals surface area (Å²) in [6, 6.07) is 0. The molecule has 0 saturated carbocycles. The first-order valence-electron chi connectivity index (χ1n) is 9.48. The summed E-state index contributed by atoms with van der Waals surface area (Å²) < 4.78 is 44.3. The van der Waals surface area contributed by atoms with Crippen molar-refractivity contribution in [2.75, 3.05) is 39.5 Å². The van der Waals surface area contributed by atoms with E-state index in [1.807, 2.05) is 0 Å². The Hall–Kier alpha value is -1.82. The first kappa shape index (κ1) is 19.5. The second-order valence-corrected chi connectivity index (χ2v) is 9.21. The van der Waals surface area contributed by atoms with E-state index in [-0.39, 0.29) is 10.9 Å². The van der Waals surface area contributed by atoms with E-state index in [2.05, 4.69) is 15.1 Å². The van der Waals surface area contributed by atoms with E-state index in [9.17, 15) is 8.42 Å². The number of hydrogen-bond acceptors (Lipinski definition) is 8. The molecule has 4 heterocycles. The Kier molecular flexibility index (Phi) is 5.76. The summed E-state index contributed by atoms with van der Waals surface area (Å²) in [6.07, 6.45) is 5.64. The minimum absolute atomic E-state index is 0.0568. The van der Waals surface area contributed by atoms with Crippen molar-refractivity contribution in [3.63, 3.8) is 0 Å². The number of imidazole rings is 1. The standard InChI is InChI=1S/C17H25N5O5S/c1-21-10-16(18-12-21)28(23,24)22-8-14(9-22)17-19-15(20-27-17)4-7-26-11-13-2-5-25-6-3-13/h10,12-14H,2-9,11H2,1H3. The van der Waals surface area contributed by atoms with Gasteiger partial charge in [-0.1, -0.05) is 5.16 Å². The second kappa shape index (κ2) is 8.27. The van der Waals surface area contributed by atoms with E-state index in [0.717, 1.165) is 32.7 Å². The topological polar surface area (TPSA) is 113 Å². The Morgan fingerprint density at radius 3 is 2.79 bits per heavy atom. The highest BCUT2D eigenvalue weighted by Crippen LogP contribution is 2.30. The van der Waals surface area contributed by atoms with E-state index in [4.69, 9.17) is 14.0 Å².